The fourth-order valence-corrected chi connectivity index (χ4v) is 6.07. The third-order valence-corrected chi connectivity index (χ3v) is 8.29. The average Bonchev–Trinajstić information content (AvgIpc) is 3.71. The molecule has 4 aliphatic rings. The van der Waals surface area contributed by atoms with Gasteiger partial charge in [-0.2, -0.15) is 4.98 Å². The van der Waals surface area contributed by atoms with Gasteiger partial charge < -0.3 is 29.6 Å². The van der Waals surface area contributed by atoms with E-state index in [1.54, 1.807) is 17.8 Å². The monoisotopic (exact) mass is 508 g/mol. The van der Waals surface area contributed by atoms with Crippen LogP contribution in [0.4, 0.5) is 23.1 Å². The van der Waals surface area contributed by atoms with Crippen molar-refractivity contribution in [2.45, 2.75) is 50.2 Å². The van der Waals surface area contributed by atoms with Gasteiger partial charge in [0.05, 0.1) is 49.3 Å². The van der Waals surface area contributed by atoms with Crippen LogP contribution in [0.2, 0.25) is 5.02 Å². The van der Waals surface area contributed by atoms with E-state index in [-0.39, 0.29) is 5.56 Å². The van der Waals surface area contributed by atoms with E-state index in [1.165, 1.54) is 12.8 Å². The van der Waals surface area contributed by atoms with E-state index in [1.807, 2.05) is 18.2 Å². The highest BCUT2D eigenvalue weighted by atomic mass is 35.5. The SMILES string of the molecule is Cn1c(=O)c2c(c3cc(Nc4nc(N5C6CCC5COC6)ncc4Cl)ccc31)NC(C1CC1)CCO2. The first-order valence-corrected chi connectivity index (χ1v) is 13.2. The second-order valence-corrected chi connectivity index (χ2v) is 10.8. The van der Waals surface area contributed by atoms with Crippen LogP contribution >= 0.6 is 11.6 Å². The first-order chi connectivity index (χ1) is 17.6. The van der Waals surface area contributed by atoms with Gasteiger partial charge in [0, 0.05) is 30.6 Å². The molecule has 7 rings (SSSR count). The number of rotatable bonds is 4. The average molecular weight is 509 g/mol. The minimum atomic E-state index is -0.120. The van der Waals surface area contributed by atoms with Gasteiger partial charge in [-0.1, -0.05) is 11.6 Å². The van der Waals surface area contributed by atoms with Gasteiger partial charge in [0.15, 0.2) is 5.82 Å². The van der Waals surface area contributed by atoms with Crippen molar-refractivity contribution in [1.82, 2.24) is 14.5 Å². The highest BCUT2D eigenvalue weighted by molar-refractivity contribution is 6.33. The third kappa shape index (κ3) is 3.67. The molecule has 0 amide bonds. The second-order valence-electron chi connectivity index (χ2n) is 10.3. The number of nitrogens with zero attached hydrogens (tertiary/aromatic N) is 4. The highest BCUT2D eigenvalue weighted by Gasteiger charge is 2.39. The summed E-state index contributed by atoms with van der Waals surface area (Å²) in [4.78, 5) is 24.7. The van der Waals surface area contributed by atoms with Crippen molar-refractivity contribution >= 4 is 45.6 Å². The van der Waals surface area contributed by atoms with Crippen LogP contribution in [0.1, 0.15) is 32.1 Å². The van der Waals surface area contributed by atoms with E-state index in [2.05, 4.69) is 20.5 Å². The van der Waals surface area contributed by atoms with E-state index in [0.717, 1.165) is 41.5 Å². The lowest BCUT2D eigenvalue weighted by atomic mass is 10.1. The minimum absolute atomic E-state index is 0.120. The van der Waals surface area contributed by atoms with Gasteiger partial charge >= 0.3 is 0 Å². The summed E-state index contributed by atoms with van der Waals surface area (Å²) in [5.74, 6) is 2.28. The Hall–Kier alpha value is -3.04. The molecule has 3 unspecified atom stereocenters. The van der Waals surface area contributed by atoms with Gasteiger partial charge in [0.2, 0.25) is 11.7 Å². The van der Waals surface area contributed by atoms with Crippen molar-refractivity contribution in [3.05, 3.63) is 39.8 Å². The van der Waals surface area contributed by atoms with Crippen molar-refractivity contribution in [3.8, 4) is 5.75 Å². The molecule has 2 saturated heterocycles. The van der Waals surface area contributed by atoms with Crippen LogP contribution in [0.5, 0.6) is 5.75 Å². The number of hydrogen-bond acceptors (Lipinski definition) is 8. The Morgan fingerprint density at radius 3 is 2.72 bits per heavy atom. The number of aryl methyl sites for hydroxylation is 1. The first-order valence-electron chi connectivity index (χ1n) is 12.8. The van der Waals surface area contributed by atoms with Crippen molar-refractivity contribution in [1.29, 1.82) is 0 Å². The summed E-state index contributed by atoms with van der Waals surface area (Å²) < 4.78 is 13.4. The molecule has 1 aliphatic carbocycles. The van der Waals surface area contributed by atoms with Gasteiger partial charge in [0.1, 0.15) is 5.02 Å². The quantitative estimate of drug-likeness (QED) is 0.545. The van der Waals surface area contributed by atoms with E-state index in [9.17, 15) is 4.79 Å². The molecule has 1 saturated carbocycles. The molecule has 3 atom stereocenters. The fourth-order valence-electron chi connectivity index (χ4n) is 5.93. The molecule has 0 radical (unpaired) electrons. The number of aromatic nitrogens is 3. The molecule has 0 spiro atoms. The molecule has 1 aromatic carbocycles. The molecule has 188 valence electrons. The maximum Gasteiger partial charge on any atom is 0.295 e. The largest absolute Gasteiger partial charge is 0.486 e. The molecule has 3 aliphatic heterocycles. The minimum Gasteiger partial charge on any atom is -0.486 e. The van der Waals surface area contributed by atoms with E-state index < -0.39 is 0 Å². The summed E-state index contributed by atoms with van der Waals surface area (Å²) in [5.41, 5.74) is 2.33. The summed E-state index contributed by atoms with van der Waals surface area (Å²) in [6.07, 6.45) is 7.18. The van der Waals surface area contributed by atoms with Crippen LogP contribution in [-0.4, -0.2) is 52.5 Å². The van der Waals surface area contributed by atoms with Crippen molar-refractivity contribution in [3.63, 3.8) is 0 Å². The molecular formula is C26H29ClN6O3. The summed E-state index contributed by atoms with van der Waals surface area (Å²) in [5, 5.41) is 8.45. The van der Waals surface area contributed by atoms with E-state index >= 15 is 0 Å². The topological polar surface area (TPSA) is 93.5 Å². The fraction of sp³-hybridized carbons (Fsp3) is 0.500. The molecule has 10 heteroatoms. The molecule has 9 nitrogen and oxygen atoms in total. The Morgan fingerprint density at radius 1 is 1.14 bits per heavy atom. The predicted octanol–water partition coefficient (Wildman–Crippen LogP) is 4.07. The Balaban J connectivity index is 1.26. The van der Waals surface area contributed by atoms with Crippen LogP contribution < -0.4 is 25.8 Å². The summed E-state index contributed by atoms with van der Waals surface area (Å²) in [7, 11) is 1.79. The lowest BCUT2D eigenvalue weighted by Crippen LogP contribution is -2.46. The maximum atomic E-state index is 13.1. The Bertz CT molecular complexity index is 1390. The van der Waals surface area contributed by atoms with E-state index in [4.69, 9.17) is 26.1 Å². The van der Waals surface area contributed by atoms with Crippen LogP contribution in [0, 0.1) is 5.92 Å². The number of nitrogens with one attached hydrogen (secondary N) is 2. The van der Waals surface area contributed by atoms with Gasteiger partial charge in [-0.05, 0) is 49.8 Å². The zero-order valence-electron chi connectivity index (χ0n) is 20.2. The molecule has 36 heavy (non-hydrogen) atoms. The number of ether oxygens (including phenoxy) is 2. The van der Waals surface area contributed by atoms with Crippen LogP contribution in [0.15, 0.2) is 29.2 Å². The van der Waals surface area contributed by atoms with Gasteiger partial charge in [0.25, 0.3) is 5.56 Å². The van der Waals surface area contributed by atoms with Crippen LogP contribution in [0.25, 0.3) is 10.9 Å². The number of hydrogen-bond donors (Lipinski definition) is 2. The summed E-state index contributed by atoms with van der Waals surface area (Å²) in [6.45, 7) is 1.95. The van der Waals surface area contributed by atoms with E-state index in [0.29, 0.717) is 66.4 Å². The number of morpholine rings is 1. The smallest absolute Gasteiger partial charge is 0.295 e. The number of pyridine rings is 1. The molecule has 3 fully saturated rings. The standard InChI is InChI=1S/C26H29ClN6O3/c1-32-21-7-4-15(10-18(21)22-23(25(32)34)36-9-8-20(30-22)14-2-3-14)29-24-19(27)11-28-26(31-24)33-16-5-6-17(33)13-35-12-16/h4,7,10-11,14,16-17,20,30H,2-3,5-6,8-9,12-13H2,1H3,(H,28,29,31). The van der Waals surface area contributed by atoms with Crippen LogP contribution in [-0.2, 0) is 11.8 Å². The zero-order valence-corrected chi connectivity index (χ0v) is 20.9. The molecule has 2 N–H and O–H groups in total. The first kappa shape index (κ1) is 22.2. The number of fused-ring (bicyclic) bond motifs is 5. The Morgan fingerprint density at radius 2 is 1.94 bits per heavy atom. The van der Waals surface area contributed by atoms with Crippen molar-refractivity contribution < 1.29 is 9.47 Å². The third-order valence-electron chi connectivity index (χ3n) is 8.01. The molecule has 2 bridgehead atoms. The Kier molecular flexibility index (Phi) is 5.25. The maximum absolute atomic E-state index is 13.1. The lowest BCUT2D eigenvalue weighted by Gasteiger charge is -2.34. The van der Waals surface area contributed by atoms with Gasteiger partial charge in [-0.15, -0.1) is 0 Å². The molecular weight excluding hydrogens is 480 g/mol. The normalized spacial score (nSPS) is 25.2. The summed E-state index contributed by atoms with van der Waals surface area (Å²) >= 11 is 6.53. The zero-order chi connectivity index (χ0) is 24.4. The lowest BCUT2D eigenvalue weighted by molar-refractivity contribution is 0.0897. The molecule has 3 aromatic rings. The van der Waals surface area contributed by atoms with Crippen molar-refractivity contribution in [2.24, 2.45) is 13.0 Å². The van der Waals surface area contributed by atoms with Crippen molar-refractivity contribution in [2.75, 3.05) is 35.4 Å². The second kappa shape index (κ2) is 8.52. The number of halogens is 1. The van der Waals surface area contributed by atoms with Gasteiger partial charge in [-0.3, -0.25) is 4.79 Å². The number of benzene rings is 1. The predicted molar refractivity (Wildman–Crippen MR) is 140 cm³/mol. The molecule has 2 aromatic heterocycles. The molecule has 5 heterocycles. The van der Waals surface area contributed by atoms with Gasteiger partial charge in [-0.25, -0.2) is 4.98 Å². The summed E-state index contributed by atoms with van der Waals surface area (Å²) in [6, 6.07) is 6.87. The Labute approximate surface area is 213 Å². The highest BCUT2D eigenvalue weighted by Crippen LogP contribution is 2.41. The van der Waals surface area contributed by atoms with Crippen LogP contribution in [0.3, 0.4) is 0 Å². The number of anilines is 4.